The molecule has 2 bridgehead atoms. The van der Waals surface area contributed by atoms with Crippen LogP contribution in [-0.2, 0) is 28.6 Å². The fourth-order valence-corrected chi connectivity index (χ4v) is 3.08. The lowest BCUT2D eigenvalue weighted by Crippen LogP contribution is -2.51. The van der Waals surface area contributed by atoms with Gasteiger partial charge in [-0.25, -0.2) is 0 Å². The molecule has 0 spiro atoms. The number of carbonyl (C=O) groups excluding carboxylic acids is 3. The summed E-state index contributed by atoms with van der Waals surface area (Å²) in [6.45, 7) is 8.88. The normalized spacial score (nSPS) is 35.0. The van der Waals surface area contributed by atoms with Crippen LogP contribution in [0.4, 0.5) is 0 Å². The van der Waals surface area contributed by atoms with E-state index >= 15 is 0 Å². The third-order valence-electron chi connectivity index (χ3n) is 4.07. The fraction of sp³-hybridized carbons (Fsp3) is 0.500. The molecule has 2 fully saturated rings. The maximum absolute atomic E-state index is 12.1. The first-order chi connectivity index (χ1) is 9.32. The summed E-state index contributed by atoms with van der Waals surface area (Å²) in [5, 5.41) is 0. The van der Waals surface area contributed by atoms with Gasteiger partial charge in [-0.2, -0.15) is 0 Å². The van der Waals surface area contributed by atoms with Crippen LogP contribution >= 0.6 is 0 Å². The van der Waals surface area contributed by atoms with E-state index < -0.39 is 41.3 Å². The summed E-state index contributed by atoms with van der Waals surface area (Å²) in [6, 6.07) is 0. The molecule has 0 aliphatic carbocycles. The van der Waals surface area contributed by atoms with Crippen LogP contribution in [0.2, 0.25) is 0 Å². The summed E-state index contributed by atoms with van der Waals surface area (Å²) in [5.41, 5.74) is -0.811. The number of carbonyl (C=O) groups is 3. The second kappa shape index (κ2) is 4.56. The maximum atomic E-state index is 12.1. The first-order valence-corrected chi connectivity index (χ1v) is 6.06. The van der Waals surface area contributed by atoms with Crippen LogP contribution in [0.25, 0.3) is 0 Å². The van der Waals surface area contributed by atoms with E-state index in [1.165, 1.54) is 21.1 Å². The van der Waals surface area contributed by atoms with Crippen molar-refractivity contribution < 1.29 is 28.6 Å². The van der Waals surface area contributed by atoms with E-state index in [1.807, 2.05) is 0 Å². The lowest BCUT2D eigenvalue weighted by atomic mass is 9.66. The maximum Gasteiger partial charge on any atom is 0.313 e. The highest BCUT2D eigenvalue weighted by atomic mass is 16.6. The van der Waals surface area contributed by atoms with Crippen LogP contribution in [-0.4, -0.2) is 43.6 Å². The molecule has 0 amide bonds. The predicted molar refractivity (Wildman–Crippen MR) is 67.6 cm³/mol. The van der Waals surface area contributed by atoms with Crippen LogP contribution in [0.5, 0.6) is 0 Å². The van der Waals surface area contributed by atoms with Crippen LogP contribution in [0.3, 0.4) is 0 Å². The van der Waals surface area contributed by atoms with E-state index in [2.05, 4.69) is 13.2 Å². The fourth-order valence-electron chi connectivity index (χ4n) is 3.08. The van der Waals surface area contributed by atoms with Gasteiger partial charge in [0.25, 0.3) is 0 Å². The van der Waals surface area contributed by atoms with Crippen molar-refractivity contribution in [3.8, 4) is 0 Å². The summed E-state index contributed by atoms with van der Waals surface area (Å²) in [7, 11) is 2.40. The van der Waals surface area contributed by atoms with Crippen molar-refractivity contribution in [2.45, 2.75) is 18.6 Å². The molecule has 6 nitrogen and oxygen atoms in total. The van der Waals surface area contributed by atoms with E-state index in [9.17, 15) is 14.4 Å². The number of Topliss-reactive ketones (excluding diaryl/α,β-unsaturated/α-hetero) is 1. The van der Waals surface area contributed by atoms with Gasteiger partial charge < -0.3 is 14.2 Å². The van der Waals surface area contributed by atoms with Gasteiger partial charge in [0.05, 0.1) is 20.3 Å². The minimum absolute atomic E-state index is 0.325. The molecule has 2 heterocycles. The molecule has 0 unspecified atom stereocenters. The van der Waals surface area contributed by atoms with E-state index in [0.29, 0.717) is 11.1 Å². The Morgan fingerprint density at radius 1 is 1.15 bits per heavy atom. The molecule has 0 radical (unpaired) electrons. The average Bonchev–Trinajstić information content (AvgIpc) is 2.91. The summed E-state index contributed by atoms with van der Waals surface area (Å²) in [5.74, 6) is -3.79. The van der Waals surface area contributed by atoms with Gasteiger partial charge in [-0.15, -0.1) is 0 Å². The number of ketones is 1. The molecule has 6 heteroatoms. The zero-order valence-electron chi connectivity index (χ0n) is 11.6. The minimum atomic E-state index is -1.58. The standard InChI is InChI=1S/C14H16O6/c1-6-7(2)14(8(3)15)10(13(17)19-5)9(11(6)20-14)12(16)18-4/h9-11H,1-2H2,3-5H3/t9-,10+,11+,14+/m0/s1. The number of methoxy groups -OCH3 is 2. The Balaban J connectivity index is 2.61. The molecule has 108 valence electrons. The Hall–Kier alpha value is -1.95. The molecule has 0 N–H and O–H groups in total. The van der Waals surface area contributed by atoms with Gasteiger partial charge >= 0.3 is 11.9 Å². The largest absolute Gasteiger partial charge is 0.469 e. The number of hydrogen-bond donors (Lipinski definition) is 0. The minimum Gasteiger partial charge on any atom is -0.469 e. The van der Waals surface area contributed by atoms with Gasteiger partial charge in [0.2, 0.25) is 0 Å². The van der Waals surface area contributed by atoms with Gasteiger partial charge in [0.1, 0.15) is 11.8 Å². The number of esters is 2. The molecular weight excluding hydrogens is 264 g/mol. The smallest absolute Gasteiger partial charge is 0.313 e. The SMILES string of the molecule is C=C1C(=C)[C@]2(C(C)=O)O[C@H]1[C@@H](C(=O)OC)[C@@H]2C(=O)OC. The van der Waals surface area contributed by atoms with E-state index in [4.69, 9.17) is 14.2 Å². The number of hydrogen-bond acceptors (Lipinski definition) is 6. The highest BCUT2D eigenvalue weighted by molar-refractivity contribution is 6.00. The molecule has 2 saturated heterocycles. The van der Waals surface area contributed by atoms with Crippen molar-refractivity contribution in [3.63, 3.8) is 0 Å². The topological polar surface area (TPSA) is 78.9 Å². The molecule has 0 aromatic heterocycles. The second-order valence-corrected chi connectivity index (χ2v) is 4.88. The predicted octanol–water partition coefficient (Wildman–Crippen LogP) is 0.417. The van der Waals surface area contributed by atoms with Crippen LogP contribution in [0.1, 0.15) is 6.92 Å². The van der Waals surface area contributed by atoms with Crippen LogP contribution < -0.4 is 0 Å². The molecule has 2 rings (SSSR count). The van der Waals surface area contributed by atoms with E-state index in [0.717, 1.165) is 0 Å². The van der Waals surface area contributed by atoms with Crippen LogP contribution in [0, 0.1) is 11.8 Å². The molecule has 0 saturated carbocycles. The van der Waals surface area contributed by atoms with Crippen molar-refractivity contribution in [2.75, 3.05) is 14.2 Å². The van der Waals surface area contributed by atoms with Gasteiger partial charge in [0, 0.05) is 0 Å². The van der Waals surface area contributed by atoms with Crippen molar-refractivity contribution in [1.82, 2.24) is 0 Å². The van der Waals surface area contributed by atoms with Crippen molar-refractivity contribution in [1.29, 1.82) is 0 Å². The molecule has 0 aromatic carbocycles. The van der Waals surface area contributed by atoms with Gasteiger partial charge in [-0.1, -0.05) is 13.2 Å². The highest BCUT2D eigenvalue weighted by Gasteiger charge is 2.70. The Morgan fingerprint density at radius 2 is 1.70 bits per heavy atom. The summed E-state index contributed by atoms with van der Waals surface area (Å²) < 4.78 is 15.1. The molecule has 2 aliphatic heterocycles. The van der Waals surface area contributed by atoms with Crippen molar-refractivity contribution in [3.05, 3.63) is 24.3 Å². The van der Waals surface area contributed by atoms with E-state index in [-0.39, 0.29) is 0 Å². The lowest BCUT2D eigenvalue weighted by Gasteiger charge is -2.33. The van der Waals surface area contributed by atoms with Gasteiger partial charge in [-0.05, 0) is 18.1 Å². The quantitative estimate of drug-likeness (QED) is 0.697. The zero-order chi connectivity index (χ0) is 15.2. The number of fused-ring (bicyclic) bond motifs is 2. The van der Waals surface area contributed by atoms with Crippen molar-refractivity contribution >= 4 is 17.7 Å². The first kappa shape index (κ1) is 14.5. The molecule has 2 aliphatic rings. The average molecular weight is 280 g/mol. The summed E-state index contributed by atoms with van der Waals surface area (Å²) in [6.07, 6.45) is -0.789. The molecule has 20 heavy (non-hydrogen) atoms. The number of ether oxygens (including phenoxy) is 3. The van der Waals surface area contributed by atoms with Crippen LogP contribution in [0.15, 0.2) is 24.3 Å². The molecule has 0 aromatic rings. The number of rotatable bonds is 3. The first-order valence-electron chi connectivity index (χ1n) is 6.06. The van der Waals surface area contributed by atoms with Gasteiger partial charge in [0.15, 0.2) is 11.4 Å². The highest BCUT2D eigenvalue weighted by Crippen LogP contribution is 2.56. The Kier molecular flexibility index (Phi) is 3.29. The summed E-state index contributed by atoms with van der Waals surface area (Å²) >= 11 is 0. The lowest BCUT2D eigenvalue weighted by molar-refractivity contribution is -0.160. The molecular formula is C14H16O6. The zero-order valence-corrected chi connectivity index (χ0v) is 11.6. The van der Waals surface area contributed by atoms with Gasteiger partial charge in [-0.3, -0.25) is 14.4 Å². The Labute approximate surface area is 116 Å². The monoisotopic (exact) mass is 280 g/mol. The third-order valence-corrected chi connectivity index (χ3v) is 4.07. The Morgan fingerprint density at radius 3 is 2.15 bits per heavy atom. The van der Waals surface area contributed by atoms with Crippen molar-refractivity contribution in [2.24, 2.45) is 11.8 Å². The van der Waals surface area contributed by atoms with E-state index in [1.54, 1.807) is 0 Å². The second-order valence-electron chi connectivity index (χ2n) is 4.88. The Bertz CT molecular complexity index is 534. The summed E-state index contributed by atoms with van der Waals surface area (Å²) in [4.78, 5) is 36.1. The molecule has 4 atom stereocenters. The third kappa shape index (κ3) is 1.51.